The van der Waals surface area contributed by atoms with Crippen LogP contribution in [0.2, 0.25) is 0 Å². The van der Waals surface area contributed by atoms with Crippen LogP contribution in [-0.4, -0.2) is 46.5 Å². The lowest BCUT2D eigenvalue weighted by molar-refractivity contribution is -0.146. The van der Waals surface area contributed by atoms with E-state index in [1.165, 1.54) is 7.11 Å². The predicted octanol–water partition coefficient (Wildman–Crippen LogP) is 0.445. The van der Waals surface area contributed by atoms with Gasteiger partial charge in [-0.2, -0.15) is 0 Å². The van der Waals surface area contributed by atoms with Crippen LogP contribution in [-0.2, 0) is 16.6 Å². The van der Waals surface area contributed by atoms with Crippen LogP contribution in [0.3, 0.4) is 0 Å². The third-order valence-corrected chi connectivity index (χ3v) is 3.17. The summed E-state index contributed by atoms with van der Waals surface area (Å²) in [6.07, 6.45) is 4.87. The van der Waals surface area contributed by atoms with Gasteiger partial charge in [0.15, 0.2) is 0 Å². The molecule has 0 aliphatic carbocycles. The van der Waals surface area contributed by atoms with Crippen molar-refractivity contribution in [3.8, 4) is 0 Å². The molecule has 0 unspecified atom stereocenters. The van der Waals surface area contributed by atoms with Gasteiger partial charge in [-0.05, 0) is 12.8 Å². The number of carbonyl (C=O) groups is 2. The number of amides is 1. The van der Waals surface area contributed by atoms with E-state index in [1.807, 2.05) is 7.05 Å². The number of methoxy groups -OCH3 is 1. The minimum atomic E-state index is -0.242. The minimum absolute atomic E-state index is 0.121. The number of esters is 1. The van der Waals surface area contributed by atoms with Crippen molar-refractivity contribution in [2.24, 2.45) is 13.0 Å². The Morgan fingerprint density at radius 3 is 2.89 bits per heavy atom. The highest BCUT2D eigenvalue weighted by Gasteiger charge is 2.30. The van der Waals surface area contributed by atoms with E-state index < -0.39 is 0 Å². The van der Waals surface area contributed by atoms with E-state index in [9.17, 15) is 9.59 Å². The van der Waals surface area contributed by atoms with Crippen LogP contribution in [0.4, 0.5) is 0 Å². The second kappa shape index (κ2) is 5.20. The Kier molecular flexibility index (Phi) is 3.64. The van der Waals surface area contributed by atoms with E-state index in [4.69, 9.17) is 4.74 Å². The van der Waals surface area contributed by atoms with Crippen molar-refractivity contribution < 1.29 is 14.3 Å². The second-order valence-electron chi connectivity index (χ2n) is 4.54. The minimum Gasteiger partial charge on any atom is -0.469 e. The quantitative estimate of drug-likeness (QED) is 0.716. The van der Waals surface area contributed by atoms with E-state index in [0.717, 1.165) is 12.8 Å². The number of piperidine rings is 1. The molecule has 0 aromatic carbocycles. The van der Waals surface area contributed by atoms with E-state index in [0.29, 0.717) is 18.8 Å². The lowest BCUT2D eigenvalue weighted by Gasteiger charge is -2.30. The van der Waals surface area contributed by atoms with Gasteiger partial charge in [0.2, 0.25) is 0 Å². The molecular weight excluding hydrogens is 234 g/mol. The molecule has 1 aliphatic heterocycles. The highest BCUT2D eigenvalue weighted by molar-refractivity contribution is 5.92. The molecule has 0 N–H and O–H groups in total. The van der Waals surface area contributed by atoms with Crippen LogP contribution in [0.1, 0.15) is 23.3 Å². The number of ether oxygens (including phenoxy) is 1. The Hall–Kier alpha value is -1.85. The zero-order valence-corrected chi connectivity index (χ0v) is 10.6. The summed E-state index contributed by atoms with van der Waals surface area (Å²) in [6, 6.07) is 0. The Labute approximate surface area is 106 Å². The molecule has 2 heterocycles. The summed E-state index contributed by atoms with van der Waals surface area (Å²) >= 11 is 0. The predicted molar refractivity (Wildman–Crippen MR) is 63.9 cm³/mol. The third kappa shape index (κ3) is 2.52. The lowest BCUT2D eigenvalue weighted by Crippen LogP contribution is -2.42. The van der Waals surface area contributed by atoms with Gasteiger partial charge in [-0.25, -0.2) is 4.98 Å². The summed E-state index contributed by atoms with van der Waals surface area (Å²) in [6.45, 7) is 1.09. The average molecular weight is 251 g/mol. The molecular formula is C12H17N3O3. The molecule has 1 atom stereocenters. The first kappa shape index (κ1) is 12.6. The third-order valence-electron chi connectivity index (χ3n) is 3.17. The van der Waals surface area contributed by atoms with Crippen molar-refractivity contribution in [3.05, 3.63) is 18.2 Å². The monoisotopic (exact) mass is 251 g/mol. The summed E-state index contributed by atoms with van der Waals surface area (Å²) in [5.74, 6) is -0.575. The van der Waals surface area contributed by atoms with Crippen LogP contribution < -0.4 is 0 Å². The number of rotatable bonds is 2. The standard InChI is InChI=1S/C12H17N3O3/c1-14-7-10(13-8-14)11(16)15-5-3-4-9(6-15)12(17)18-2/h7-9H,3-6H2,1-2H3/t9-/m0/s1. The topological polar surface area (TPSA) is 64.4 Å². The van der Waals surface area contributed by atoms with Crippen LogP contribution in [0.5, 0.6) is 0 Å². The summed E-state index contributed by atoms with van der Waals surface area (Å²) < 4.78 is 6.46. The van der Waals surface area contributed by atoms with Crippen LogP contribution in [0.25, 0.3) is 0 Å². The maximum absolute atomic E-state index is 12.2. The zero-order chi connectivity index (χ0) is 13.1. The van der Waals surface area contributed by atoms with E-state index >= 15 is 0 Å². The van der Waals surface area contributed by atoms with Gasteiger partial charge >= 0.3 is 5.97 Å². The molecule has 1 saturated heterocycles. The normalized spacial score (nSPS) is 19.7. The number of hydrogen-bond donors (Lipinski definition) is 0. The maximum Gasteiger partial charge on any atom is 0.310 e. The van der Waals surface area contributed by atoms with Gasteiger partial charge < -0.3 is 14.2 Å². The fraction of sp³-hybridized carbons (Fsp3) is 0.583. The Bertz CT molecular complexity index is 455. The fourth-order valence-electron chi connectivity index (χ4n) is 2.21. The molecule has 6 heteroatoms. The summed E-state index contributed by atoms with van der Waals surface area (Å²) in [7, 11) is 3.19. The summed E-state index contributed by atoms with van der Waals surface area (Å²) in [4.78, 5) is 29.4. The molecule has 1 amide bonds. The van der Waals surface area contributed by atoms with Crippen LogP contribution >= 0.6 is 0 Å². The number of aryl methyl sites for hydroxylation is 1. The summed E-state index contributed by atoms with van der Waals surface area (Å²) in [5, 5.41) is 0. The maximum atomic E-state index is 12.2. The Morgan fingerprint density at radius 2 is 2.28 bits per heavy atom. The van der Waals surface area contributed by atoms with Crippen LogP contribution in [0.15, 0.2) is 12.5 Å². The van der Waals surface area contributed by atoms with E-state index in [2.05, 4.69) is 4.98 Å². The first-order valence-electron chi connectivity index (χ1n) is 5.97. The molecule has 0 bridgehead atoms. The van der Waals surface area contributed by atoms with E-state index in [1.54, 1.807) is 22.0 Å². The number of imidazole rings is 1. The van der Waals surface area contributed by atoms with Gasteiger partial charge in [0.25, 0.3) is 5.91 Å². The molecule has 18 heavy (non-hydrogen) atoms. The molecule has 2 rings (SSSR count). The summed E-state index contributed by atoms with van der Waals surface area (Å²) in [5.41, 5.74) is 0.419. The molecule has 1 aromatic rings. The Morgan fingerprint density at radius 1 is 1.50 bits per heavy atom. The number of hydrogen-bond acceptors (Lipinski definition) is 4. The number of aromatic nitrogens is 2. The highest BCUT2D eigenvalue weighted by atomic mass is 16.5. The van der Waals surface area contributed by atoms with Crippen molar-refractivity contribution in [1.82, 2.24) is 14.5 Å². The largest absolute Gasteiger partial charge is 0.469 e. The van der Waals surface area contributed by atoms with Crippen molar-refractivity contribution in [2.45, 2.75) is 12.8 Å². The highest BCUT2D eigenvalue weighted by Crippen LogP contribution is 2.19. The van der Waals surface area contributed by atoms with Crippen LogP contribution in [0, 0.1) is 5.92 Å². The number of carbonyl (C=O) groups excluding carboxylic acids is 2. The van der Waals surface area contributed by atoms with Gasteiger partial charge in [-0.15, -0.1) is 0 Å². The molecule has 0 spiro atoms. The SMILES string of the molecule is COC(=O)[C@H]1CCCN(C(=O)c2cn(C)cn2)C1. The van der Waals surface area contributed by atoms with Gasteiger partial charge in [0.05, 0.1) is 19.4 Å². The molecule has 0 saturated carbocycles. The average Bonchev–Trinajstić information content (AvgIpc) is 2.83. The molecule has 0 radical (unpaired) electrons. The van der Waals surface area contributed by atoms with Crippen molar-refractivity contribution in [3.63, 3.8) is 0 Å². The van der Waals surface area contributed by atoms with Crippen molar-refractivity contribution in [2.75, 3.05) is 20.2 Å². The molecule has 1 fully saturated rings. The molecule has 1 aliphatic rings. The van der Waals surface area contributed by atoms with Crippen molar-refractivity contribution >= 4 is 11.9 Å². The first-order chi connectivity index (χ1) is 8.61. The van der Waals surface area contributed by atoms with E-state index in [-0.39, 0.29) is 17.8 Å². The first-order valence-corrected chi connectivity index (χ1v) is 5.97. The van der Waals surface area contributed by atoms with Gasteiger partial charge in [0.1, 0.15) is 5.69 Å². The fourth-order valence-corrected chi connectivity index (χ4v) is 2.21. The van der Waals surface area contributed by atoms with Crippen molar-refractivity contribution in [1.29, 1.82) is 0 Å². The van der Waals surface area contributed by atoms with Gasteiger partial charge in [-0.3, -0.25) is 9.59 Å². The molecule has 1 aromatic heterocycles. The smallest absolute Gasteiger partial charge is 0.310 e. The Balaban J connectivity index is 2.05. The number of nitrogens with zero attached hydrogens (tertiary/aromatic N) is 3. The zero-order valence-electron chi connectivity index (χ0n) is 10.6. The number of likely N-dealkylation sites (tertiary alicyclic amines) is 1. The lowest BCUT2D eigenvalue weighted by atomic mass is 9.98. The molecule has 98 valence electrons. The molecule has 6 nitrogen and oxygen atoms in total. The van der Waals surface area contributed by atoms with Gasteiger partial charge in [-0.1, -0.05) is 0 Å². The second-order valence-corrected chi connectivity index (χ2v) is 4.54. The van der Waals surface area contributed by atoms with Gasteiger partial charge in [0, 0.05) is 26.3 Å².